The van der Waals surface area contributed by atoms with E-state index in [0.29, 0.717) is 32.0 Å². The zero-order valence-electron chi connectivity index (χ0n) is 11.2. The third-order valence-electron chi connectivity index (χ3n) is 4.09. The Hall–Kier alpha value is -1.26. The Morgan fingerprint density at radius 3 is 2.56 bits per heavy atom. The number of hydrogen-bond acceptors (Lipinski definition) is 2. The molecule has 0 aromatic rings. The summed E-state index contributed by atoms with van der Waals surface area (Å²) < 4.78 is 0. The van der Waals surface area contributed by atoms with Crippen LogP contribution < -0.4 is 0 Å². The Morgan fingerprint density at radius 2 is 2.11 bits per heavy atom. The molecule has 2 amide bonds. The van der Waals surface area contributed by atoms with Gasteiger partial charge in [-0.3, -0.25) is 4.79 Å². The van der Waals surface area contributed by atoms with Crippen molar-refractivity contribution in [2.75, 3.05) is 26.2 Å². The summed E-state index contributed by atoms with van der Waals surface area (Å²) in [5, 5.41) is 9.17. The summed E-state index contributed by atoms with van der Waals surface area (Å²) in [6.07, 6.45) is 2.99. The van der Waals surface area contributed by atoms with Gasteiger partial charge in [-0.2, -0.15) is 0 Å². The van der Waals surface area contributed by atoms with Crippen LogP contribution in [0.5, 0.6) is 0 Å². The highest BCUT2D eigenvalue weighted by Gasteiger charge is 2.43. The van der Waals surface area contributed by atoms with Crippen molar-refractivity contribution < 1.29 is 14.7 Å². The smallest absolute Gasteiger partial charge is 0.320 e. The van der Waals surface area contributed by atoms with Crippen LogP contribution in [-0.4, -0.2) is 53.1 Å². The van der Waals surface area contributed by atoms with E-state index >= 15 is 0 Å². The van der Waals surface area contributed by atoms with E-state index in [-0.39, 0.29) is 6.03 Å². The third kappa shape index (κ3) is 2.60. The summed E-state index contributed by atoms with van der Waals surface area (Å²) in [6.45, 7) is 6.13. The monoisotopic (exact) mass is 254 g/mol. The van der Waals surface area contributed by atoms with E-state index in [4.69, 9.17) is 0 Å². The molecule has 18 heavy (non-hydrogen) atoms. The van der Waals surface area contributed by atoms with Gasteiger partial charge in [-0.05, 0) is 39.0 Å². The van der Waals surface area contributed by atoms with Gasteiger partial charge in [-0.25, -0.2) is 4.79 Å². The van der Waals surface area contributed by atoms with Crippen molar-refractivity contribution in [2.24, 2.45) is 11.3 Å². The van der Waals surface area contributed by atoms with Crippen molar-refractivity contribution in [3.05, 3.63) is 0 Å². The van der Waals surface area contributed by atoms with Crippen molar-refractivity contribution in [3.63, 3.8) is 0 Å². The Morgan fingerprint density at radius 1 is 1.44 bits per heavy atom. The number of likely N-dealkylation sites (tertiary alicyclic amines) is 1. The number of carboxylic acid groups (broad SMARTS) is 1. The first kappa shape index (κ1) is 13.2. The normalized spacial score (nSPS) is 27.3. The molecule has 1 saturated heterocycles. The van der Waals surface area contributed by atoms with E-state index in [1.807, 2.05) is 11.8 Å². The molecule has 0 bridgehead atoms. The number of amides is 2. The van der Waals surface area contributed by atoms with Crippen molar-refractivity contribution >= 4 is 12.0 Å². The van der Waals surface area contributed by atoms with Crippen molar-refractivity contribution in [1.29, 1.82) is 0 Å². The van der Waals surface area contributed by atoms with Crippen LogP contribution in [0.3, 0.4) is 0 Å². The second kappa shape index (κ2) is 4.78. The Labute approximate surface area is 108 Å². The second-order valence-corrected chi connectivity index (χ2v) is 5.80. The van der Waals surface area contributed by atoms with Crippen molar-refractivity contribution in [2.45, 2.75) is 33.1 Å². The predicted molar refractivity (Wildman–Crippen MR) is 67.3 cm³/mol. The summed E-state index contributed by atoms with van der Waals surface area (Å²) in [6, 6.07) is 0.00868. The van der Waals surface area contributed by atoms with E-state index in [9.17, 15) is 14.7 Å². The molecule has 1 unspecified atom stereocenters. The highest BCUT2D eigenvalue weighted by atomic mass is 16.4. The van der Waals surface area contributed by atoms with Gasteiger partial charge < -0.3 is 14.9 Å². The van der Waals surface area contributed by atoms with Crippen LogP contribution in [0.2, 0.25) is 0 Å². The van der Waals surface area contributed by atoms with Gasteiger partial charge >= 0.3 is 12.0 Å². The maximum absolute atomic E-state index is 12.3. The predicted octanol–water partition coefficient (Wildman–Crippen LogP) is 1.63. The average molecular weight is 254 g/mol. The van der Waals surface area contributed by atoms with Crippen molar-refractivity contribution in [1.82, 2.24) is 9.80 Å². The molecule has 0 aromatic carbocycles. The minimum atomic E-state index is -0.803. The standard InChI is InChI=1S/C13H22N2O3/c1-3-14(8-10-4-5-10)12(18)15-7-6-13(2,9-15)11(16)17/h10H,3-9H2,1-2H3,(H,16,17). The second-order valence-electron chi connectivity index (χ2n) is 5.80. The Bertz CT molecular complexity index is 354. The quantitative estimate of drug-likeness (QED) is 0.829. The number of rotatable bonds is 4. The van der Waals surface area contributed by atoms with E-state index in [1.165, 1.54) is 12.8 Å². The molecule has 5 nitrogen and oxygen atoms in total. The fourth-order valence-electron chi connectivity index (χ4n) is 2.45. The van der Waals surface area contributed by atoms with Crippen LogP contribution in [0.4, 0.5) is 4.79 Å². The summed E-state index contributed by atoms with van der Waals surface area (Å²) in [4.78, 5) is 27.0. The zero-order valence-corrected chi connectivity index (χ0v) is 11.2. The fourth-order valence-corrected chi connectivity index (χ4v) is 2.45. The van der Waals surface area contributed by atoms with E-state index in [2.05, 4.69) is 0 Å². The number of carbonyl (C=O) groups is 2. The van der Waals surface area contributed by atoms with Gasteiger partial charge in [0.25, 0.3) is 0 Å². The Balaban J connectivity index is 1.94. The van der Waals surface area contributed by atoms with Gasteiger partial charge in [-0.15, -0.1) is 0 Å². The SMILES string of the molecule is CCN(CC1CC1)C(=O)N1CCC(C)(C(=O)O)C1. The van der Waals surface area contributed by atoms with Crippen LogP contribution in [0.1, 0.15) is 33.1 Å². The zero-order chi connectivity index (χ0) is 13.3. The number of carbonyl (C=O) groups excluding carboxylic acids is 1. The molecule has 0 radical (unpaired) electrons. The molecule has 102 valence electrons. The highest BCUT2D eigenvalue weighted by Crippen LogP contribution is 2.32. The first-order chi connectivity index (χ1) is 8.46. The topological polar surface area (TPSA) is 60.9 Å². The van der Waals surface area contributed by atoms with Crippen LogP contribution in [-0.2, 0) is 4.79 Å². The first-order valence-corrected chi connectivity index (χ1v) is 6.73. The maximum Gasteiger partial charge on any atom is 0.320 e. The first-order valence-electron chi connectivity index (χ1n) is 6.73. The molecule has 1 aliphatic carbocycles. The summed E-state index contributed by atoms with van der Waals surface area (Å²) in [5.74, 6) is -0.134. The number of urea groups is 1. The molecule has 1 heterocycles. The molecule has 2 aliphatic rings. The molecule has 5 heteroatoms. The molecule has 2 rings (SSSR count). The molecule has 0 spiro atoms. The number of carboxylic acids is 1. The molecular formula is C13H22N2O3. The molecule has 0 aromatic heterocycles. The minimum absolute atomic E-state index is 0.00868. The van der Waals surface area contributed by atoms with Gasteiger partial charge in [0, 0.05) is 26.2 Å². The number of nitrogens with zero attached hydrogens (tertiary/aromatic N) is 2. The van der Waals surface area contributed by atoms with Crippen LogP contribution >= 0.6 is 0 Å². The van der Waals surface area contributed by atoms with Crippen molar-refractivity contribution in [3.8, 4) is 0 Å². The van der Waals surface area contributed by atoms with E-state index in [0.717, 1.165) is 6.54 Å². The van der Waals surface area contributed by atoms with Gasteiger partial charge in [0.15, 0.2) is 0 Å². The van der Waals surface area contributed by atoms with E-state index in [1.54, 1.807) is 11.8 Å². The number of aliphatic carboxylic acids is 1. The number of hydrogen-bond donors (Lipinski definition) is 1. The lowest BCUT2D eigenvalue weighted by Gasteiger charge is -2.28. The molecule has 1 aliphatic heterocycles. The maximum atomic E-state index is 12.3. The highest BCUT2D eigenvalue weighted by molar-refractivity contribution is 5.79. The molecule has 1 atom stereocenters. The lowest BCUT2D eigenvalue weighted by atomic mass is 9.90. The summed E-state index contributed by atoms with van der Waals surface area (Å²) in [5.41, 5.74) is -0.769. The molecule has 2 fully saturated rings. The van der Waals surface area contributed by atoms with E-state index < -0.39 is 11.4 Å². The lowest BCUT2D eigenvalue weighted by Crippen LogP contribution is -2.44. The van der Waals surface area contributed by atoms with Gasteiger partial charge in [0.2, 0.25) is 0 Å². The van der Waals surface area contributed by atoms with Gasteiger partial charge in [0.1, 0.15) is 0 Å². The molecular weight excluding hydrogens is 232 g/mol. The average Bonchev–Trinajstić information content (AvgIpc) is 3.06. The van der Waals surface area contributed by atoms with Crippen LogP contribution in [0.15, 0.2) is 0 Å². The summed E-state index contributed by atoms with van der Waals surface area (Å²) in [7, 11) is 0. The molecule has 1 saturated carbocycles. The molecule has 1 N–H and O–H groups in total. The third-order valence-corrected chi connectivity index (χ3v) is 4.09. The lowest BCUT2D eigenvalue weighted by molar-refractivity contribution is -0.147. The Kier molecular flexibility index (Phi) is 3.50. The van der Waals surface area contributed by atoms with Gasteiger partial charge in [-0.1, -0.05) is 0 Å². The minimum Gasteiger partial charge on any atom is -0.481 e. The van der Waals surface area contributed by atoms with Crippen LogP contribution in [0.25, 0.3) is 0 Å². The fraction of sp³-hybridized carbons (Fsp3) is 0.846. The summed E-state index contributed by atoms with van der Waals surface area (Å²) >= 11 is 0. The van der Waals surface area contributed by atoms with Gasteiger partial charge in [0.05, 0.1) is 5.41 Å². The largest absolute Gasteiger partial charge is 0.481 e. The van der Waals surface area contributed by atoms with Crippen LogP contribution in [0, 0.1) is 11.3 Å².